The molecule has 21 heavy (non-hydrogen) atoms. The molecule has 4 nitrogen and oxygen atoms in total. The quantitative estimate of drug-likeness (QED) is 0.938. The van der Waals surface area contributed by atoms with E-state index in [1.807, 2.05) is 41.3 Å². The third kappa shape index (κ3) is 2.89. The molecule has 0 atom stereocenters. The summed E-state index contributed by atoms with van der Waals surface area (Å²) in [6, 6.07) is 13.4. The highest BCUT2D eigenvalue weighted by Gasteiger charge is 2.18. The summed E-state index contributed by atoms with van der Waals surface area (Å²) >= 11 is 0. The number of likely N-dealkylation sites (tertiary alicyclic amines) is 1. The molecule has 1 aliphatic rings. The Morgan fingerprint density at radius 3 is 2.52 bits per heavy atom. The standard InChI is InChI=1S/C17H18N2O2/c20-16(19-10-3-4-11-19)12-18-17(21)15-9-5-7-13-6-1-2-8-14(13)15/h1-2,5-9H,3-4,10-12H2,(H,18,21). The summed E-state index contributed by atoms with van der Waals surface area (Å²) in [6.45, 7) is 1.69. The topological polar surface area (TPSA) is 49.4 Å². The molecule has 0 aliphatic carbocycles. The number of nitrogens with zero attached hydrogens (tertiary/aromatic N) is 1. The van der Waals surface area contributed by atoms with Crippen molar-refractivity contribution in [1.82, 2.24) is 10.2 Å². The molecule has 2 amide bonds. The van der Waals surface area contributed by atoms with Gasteiger partial charge in [0.15, 0.2) is 0 Å². The largest absolute Gasteiger partial charge is 0.343 e. The second kappa shape index (κ2) is 5.95. The first-order chi connectivity index (χ1) is 10.3. The molecular weight excluding hydrogens is 264 g/mol. The van der Waals surface area contributed by atoms with Gasteiger partial charge >= 0.3 is 0 Å². The molecule has 3 rings (SSSR count). The van der Waals surface area contributed by atoms with E-state index in [1.165, 1.54) is 0 Å². The van der Waals surface area contributed by atoms with Gasteiger partial charge in [0, 0.05) is 18.7 Å². The van der Waals surface area contributed by atoms with Crippen LogP contribution in [-0.2, 0) is 4.79 Å². The van der Waals surface area contributed by atoms with Gasteiger partial charge in [-0.2, -0.15) is 0 Å². The summed E-state index contributed by atoms with van der Waals surface area (Å²) in [4.78, 5) is 26.1. The summed E-state index contributed by atoms with van der Waals surface area (Å²) in [5, 5.41) is 4.67. The van der Waals surface area contributed by atoms with Crippen LogP contribution in [0.2, 0.25) is 0 Å². The van der Waals surface area contributed by atoms with E-state index in [9.17, 15) is 9.59 Å². The summed E-state index contributed by atoms with van der Waals surface area (Å²) in [5.74, 6) is -0.194. The SMILES string of the molecule is O=C(NCC(=O)N1CCCC1)c1cccc2ccccc12. The average Bonchev–Trinajstić information content (AvgIpc) is 3.06. The maximum Gasteiger partial charge on any atom is 0.252 e. The zero-order chi connectivity index (χ0) is 14.7. The molecular formula is C17H18N2O2. The molecule has 0 radical (unpaired) electrons. The van der Waals surface area contributed by atoms with Gasteiger partial charge in [-0.25, -0.2) is 0 Å². The van der Waals surface area contributed by atoms with Gasteiger partial charge in [0.25, 0.3) is 5.91 Å². The van der Waals surface area contributed by atoms with Crippen molar-refractivity contribution in [3.8, 4) is 0 Å². The van der Waals surface area contributed by atoms with E-state index in [0.717, 1.165) is 36.7 Å². The Hall–Kier alpha value is -2.36. The molecule has 1 N–H and O–H groups in total. The van der Waals surface area contributed by atoms with Crippen LogP contribution in [0.4, 0.5) is 0 Å². The van der Waals surface area contributed by atoms with E-state index in [-0.39, 0.29) is 18.4 Å². The Balaban J connectivity index is 1.71. The van der Waals surface area contributed by atoms with Gasteiger partial charge in [-0.1, -0.05) is 36.4 Å². The molecule has 4 heteroatoms. The van der Waals surface area contributed by atoms with Crippen molar-refractivity contribution in [2.24, 2.45) is 0 Å². The number of carbonyl (C=O) groups excluding carboxylic acids is 2. The first kappa shape index (κ1) is 13.6. The average molecular weight is 282 g/mol. The highest BCUT2D eigenvalue weighted by Crippen LogP contribution is 2.18. The minimum atomic E-state index is -0.195. The van der Waals surface area contributed by atoms with Crippen LogP contribution in [0.3, 0.4) is 0 Å². The zero-order valence-corrected chi connectivity index (χ0v) is 11.8. The Labute approximate surface area is 123 Å². The lowest BCUT2D eigenvalue weighted by Gasteiger charge is -2.15. The van der Waals surface area contributed by atoms with Crippen molar-refractivity contribution in [3.05, 3.63) is 48.0 Å². The normalized spacial score (nSPS) is 14.4. The molecule has 0 unspecified atom stereocenters. The Bertz CT molecular complexity index is 670. The molecule has 1 saturated heterocycles. The maximum atomic E-state index is 12.3. The molecule has 1 fully saturated rings. The number of benzene rings is 2. The lowest BCUT2D eigenvalue weighted by atomic mass is 10.0. The van der Waals surface area contributed by atoms with E-state index in [1.54, 1.807) is 6.07 Å². The number of carbonyl (C=O) groups is 2. The number of hydrogen-bond acceptors (Lipinski definition) is 2. The van der Waals surface area contributed by atoms with Crippen LogP contribution in [0.15, 0.2) is 42.5 Å². The van der Waals surface area contributed by atoms with Gasteiger partial charge in [0.2, 0.25) is 5.91 Å². The molecule has 2 aromatic carbocycles. The molecule has 1 aliphatic heterocycles. The van der Waals surface area contributed by atoms with Crippen LogP contribution in [0, 0.1) is 0 Å². The maximum absolute atomic E-state index is 12.3. The minimum Gasteiger partial charge on any atom is -0.343 e. The predicted octanol–water partition coefficient (Wildman–Crippen LogP) is 2.19. The van der Waals surface area contributed by atoms with E-state index in [2.05, 4.69) is 5.32 Å². The van der Waals surface area contributed by atoms with E-state index >= 15 is 0 Å². The van der Waals surface area contributed by atoms with Crippen molar-refractivity contribution >= 4 is 22.6 Å². The monoisotopic (exact) mass is 282 g/mol. The van der Waals surface area contributed by atoms with Gasteiger partial charge in [-0.3, -0.25) is 9.59 Å². The third-order valence-corrected chi connectivity index (χ3v) is 3.89. The van der Waals surface area contributed by atoms with Gasteiger partial charge in [-0.15, -0.1) is 0 Å². The summed E-state index contributed by atoms with van der Waals surface area (Å²) < 4.78 is 0. The van der Waals surface area contributed by atoms with E-state index < -0.39 is 0 Å². The summed E-state index contributed by atoms with van der Waals surface area (Å²) in [5.41, 5.74) is 0.613. The zero-order valence-electron chi connectivity index (χ0n) is 11.8. The fraction of sp³-hybridized carbons (Fsp3) is 0.294. The van der Waals surface area contributed by atoms with E-state index in [0.29, 0.717) is 5.56 Å². The third-order valence-electron chi connectivity index (χ3n) is 3.89. The van der Waals surface area contributed by atoms with Crippen molar-refractivity contribution in [2.75, 3.05) is 19.6 Å². The lowest BCUT2D eigenvalue weighted by molar-refractivity contribution is -0.129. The van der Waals surface area contributed by atoms with Gasteiger partial charge in [0.1, 0.15) is 0 Å². The highest BCUT2D eigenvalue weighted by molar-refractivity contribution is 6.07. The number of nitrogens with one attached hydrogen (secondary N) is 1. The first-order valence-electron chi connectivity index (χ1n) is 7.29. The lowest BCUT2D eigenvalue weighted by Crippen LogP contribution is -2.38. The van der Waals surface area contributed by atoms with Gasteiger partial charge < -0.3 is 10.2 Å². The first-order valence-corrected chi connectivity index (χ1v) is 7.29. The van der Waals surface area contributed by atoms with Crippen molar-refractivity contribution in [1.29, 1.82) is 0 Å². The van der Waals surface area contributed by atoms with Crippen LogP contribution >= 0.6 is 0 Å². The molecule has 0 saturated carbocycles. The smallest absolute Gasteiger partial charge is 0.252 e. The molecule has 0 spiro atoms. The molecule has 0 aromatic heterocycles. The highest BCUT2D eigenvalue weighted by atomic mass is 16.2. The fourth-order valence-electron chi connectivity index (χ4n) is 2.75. The van der Waals surface area contributed by atoms with E-state index in [4.69, 9.17) is 0 Å². The van der Waals surface area contributed by atoms with Crippen molar-refractivity contribution in [2.45, 2.75) is 12.8 Å². The predicted molar refractivity (Wildman–Crippen MR) is 82.1 cm³/mol. The van der Waals surface area contributed by atoms with Crippen molar-refractivity contribution in [3.63, 3.8) is 0 Å². The summed E-state index contributed by atoms with van der Waals surface area (Å²) in [6.07, 6.45) is 2.12. The van der Waals surface area contributed by atoms with Crippen LogP contribution < -0.4 is 5.32 Å². The Morgan fingerprint density at radius 1 is 1.00 bits per heavy atom. The van der Waals surface area contributed by atoms with Crippen LogP contribution in [-0.4, -0.2) is 36.3 Å². The fourth-order valence-corrected chi connectivity index (χ4v) is 2.75. The number of fused-ring (bicyclic) bond motifs is 1. The summed E-state index contributed by atoms with van der Waals surface area (Å²) in [7, 11) is 0. The van der Waals surface area contributed by atoms with Gasteiger partial charge in [-0.05, 0) is 29.7 Å². The van der Waals surface area contributed by atoms with Gasteiger partial charge in [0.05, 0.1) is 6.54 Å². The Kier molecular flexibility index (Phi) is 3.86. The number of rotatable bonds is 3. The second-order valence-electron chi connectivity index (χ2n) is 5.30. The minimum absolute atomic E-state index is 0.00101. The molecule has 2 aromatic rings. The van der Waals surface area contributed by atoms with Crippen LogP contribution in [0.1, 0.15) is 23.2 Å². The second-order valence-corrected chi connectivity index (χ2v) is 5.30. The Morgan fingerprint density at radius 2 is 1.71 bits per heavy atom. The molecule has 108 valence electrons. The van der Waals surface area contributed by atoms with Crippen LogP contribution in [0.5, 0.6) is 0 Å². The van der Waals surface area contributed by atoms with Crippen molar-refractivity contribution < 1.29 is 9.59 Å². The molecule has 1 heterocycles. The number of hydrogen-bond donors (Lipinski definition) is 1. The molecule has 0 bridgehead atoms. The van der Waals surface area contributed by atoms with Crippen LogP contribution in [0.25, 0.3) is 10.8 Å². The number of amides is 2.